The fourth-order valence-corrected chi connectivity index (χ4v) is 4.24. The van der Waals surface area contributed by atoms with Crippen LogP contribution in [-0.2, 0) is 4.79 Å². The summed E-state index contributed by atoms with van der Waals surface area (Å²) in [5.41, 5.74) is 4.29. The predicted molar refractivity (Wildman–Crippen MR) is 125 cm³/mol. The molecule has 1 atom stereocenters. The Hall–Kier alpha value is -3.21. The van der Waals surface area contributed by atoms with Gasteiger partial charge in [-0.15, -0.1) is 0 Å². The third-order valence-corrected chi connectivity index (χ3v) is 5.94. The average molecular weight is 415 g/mol. The van der Waals surface area contributed by atoms with Gasteiger partial charge in [-0.3, -0.25) is 4.79 Å². The highest BCUT2D eigenvalue weighted by Crippen LogP contribution is 2.25. The lowest BCUT2D eigenvalue weighted by atomic mass is 9.95. The number of anilines is 1. The number of rotatable bonds is 5. The Morgan fingerprint density at radius 3 is 2.35 bits per heavy atom. The van der Waals surface area contributed by atoms with Crippen molar-refractivity contribution in [3.05, 3.63) is 77.5 Å². The topological polar surface area (TPSA) is 49.3 Å². The Bertz CT molecular complexity index is 1040. The van der Waals surface area contributed by atoms with Crippen molar-refractivity contribution < 1.29 is 4.79 Å². The molecule has 0 spiro atoms. The molecule has 4 rings (SSSR count). The summed E-state index contributed by atoms with van der Waals surface area (Å²) in [4.78, 5) is 26.9. The number of hydrogen-bond acceptors (Lipinski definition) is 4. The van der Waals surface area contributed by atoms with Crippen LogP contribution < -0.4 is 4.90 Å². The van der Waals surface area contributed by atoms with Crippen LogP contribution in [0, 0.1) is 13.8 Å². The number of aryl methyl sites for hydroxylation is 2. The molecular weight excluding hydrogens is 384 g/mol. The molecule has 0 bridgehead atoms. The second kappa shape index (κ2) is 9.29. The first-order chi connectivity index (χ1) is 15.0. The van der Waals surface area contributed by atoms with Gasteiger partial charge in [0.05, 0.1) is 5.92 Å². The second-order valence-corrected chi connectivity index (χ2v) is 8.24. The van der Waals surface area contributed by atoms with E-state index in [0.717, 1.165) is 48.0 Å². The third kappa shape index (κ3) is 4.76. The summed E-state index contributed by atoms with van der Waals surface area (Å²) >= 11 is 0. The molecule has 160 valence electrons. The van der Waals surface area contributed by atoms with Crippen LogP contribution in [-0.4, -0.2) is 47.0 Å². The molecule has 2 heterocycles. The number of piperazine rings is 1. The van der Waals surface area contributed by atoms with Gasteiger partial charge in [-0.1, -0.05) is 61.0 Å². The molecule has 0 saturated carbocycles. The van der Waals surface area contributed by atoms with Crippen molar-refractivity contribution in [3.8, 4) is 11.4 Å². The summed E-state index contributed by atoms with van der Waals surface area (Å²) in [6.45, 7) is 9.16. The molecule has 1 saturated heterocycles. The van der Waals surface area contributed by atoms with E-state index in [2.05, 4.69) is 54.1 Å². The van der Waals surface area contributed by atoms with Crippen molar-refractivity contribution in [2.45, 2.75) is 33.1 Å². The highest BCUT2D eigenvalue weighted by Gasteiger charge is 2.28. The molecule has 0 aliphatic carbocycles. The summed E-state index contributed by atoms with van der Waals surface area (Å²) in [6, 6.07) is 20.4. The highest BCUT2D eigenvalue weighted by molar-refractivity contribution is 5.84. The summed E-state index contributed by atoms with van der Waals surface area (Å²) < 4.78 is 0. The first-order valence-electron chi connectivity index (χ1n) is 11.1. The monoisotopic (exact) mass is 414 g/mol. The third-order valence-electron chi connectivity index (χ3n) is 5.94. The van der Waals surface area contributed by atoms with Crippen molar-refractivity contribution in [1.82, 2.24) is 14.9 Å². The Morgan fingerprint density at radius 2 is 1.68 bits per heavy atom. The first kappa shape index (κ1) is 21.0. The molecule has 0 radical (unpaired) electrons. The SMILES string of the molecule is CC[C@@H](C(=O)N1CCN(c2cc(C)nc(-c3cccc(C)c3)n2)CC1)c1ccccc1. The molecular formula is C26H30N4O. The lowest BCUT2D eigenvalue weighted by Gasteiger charge is -2.37. The van der Waals surface area contributed by atoms with Crippen molar-refractivity contribution in [1.29, 1.82) is 0 Å². The van der Waals surface area contributed by atoms with Crippen LogP contribution in [0.4, 0.5) is 5.82 Å². The fourth-order valence-electron chi connectivity index (χ4n) is 4.24. The molecule has 3 aromatic rings. The van der Waals surface area contributed by atoms with Crippen molar-refractivity contribution in [2.75, 3.05) is 31.1 Å². The van der Waals surface area contributed by atoms with Gasteiger partial charge < -0.3 is 9.80 Å². The van der Waals surface area contributed by atoms with E-state index in [0.29, 0.717) is 13.1 Å². The van der Waals surface area contributed by atoms with Gasteiger partial charge in [0.15, 0.2) is 5.82 Å². The van der Waals surface area contributed by atoms with Gasteiger partial charge in [0, 0.05) is 43.5 Å². The second-order valence-electron chi connectivity index (χ2n) is 8.24. The van der Waals surface area contributed by atoms with Gasteiger partial charge in [-0.05, 0) is 31.9 Å². The number of benzene rings is 2. The minimum absolute atomic E-state index is 0.0676. The molecule has 2 aromatic carbocycles. The Labute approximate surface area is 184 Å². The lowest BCUT2D eigenvalue weighted by molar-refractivity contribution is -0.133. The number of aromatic nitrogens is 2. The number of amides is 1. The summed E-state index contributed by atoms with van der Waals surface area (Å²) in [5.74, 6) is 1.85. The van der Waals surface area contributed by atoms with Crippen LogP contribution >= 0.6 is 0 Å². The van der Waals surface area contributed by atoms with Gasteiger partial charge in [0.25, 0.3) is 0 Å². The molecule has 0 unspecified atom stereocenters. The lowest BCUT2D eigenvalue weighted by Crippen LogP contribution is -2.50. The minimum atomic E-state index is -0.0676. The molecule has 1 fully saturated rings. The van der Waals surface area contributed by atoms with E-state index in [9.17, 15) is 4.79 Å². The van der Waals surface area contributed by atoms with Gasteiger partial charge in [0.2, 0.25) is 5.91 Å². The number of nitrogens with zero attached hydrogens (tertiary/aromatic N) is 4. The van der Waals surface area contributed by atoms with E-state index in [1.165, 1.54) is 5.56 Å². The van der Waals surface area contributed by atoms with Crippen molar-refractivity contribution in [2.24, 2.45) is 0 Å². The van der Waals surface area contributed by atoms with E-state index in [1.54, 1.807) is 0 Å². The largest absolute Gasteiger partial charge is 0.353 e. The first-order valence-corrected chi connectivity index (χ1v) is 11.1. The maximum Gasteiger partial charge on any atom is 0.230 e. The van der Waals surface area contributed by atoms with E-state index in [4.69, 9.17) is 4.98 Å². The number of carbonyl (C=O) groups is 1. The molecule has 0 N–H and O–H groups in total. The zero-order valence-corrected chi connectivity index (χ0v) is 18.6. The minimum Gasteiger partial charge on any atom is -0.353 e. The molecule has 5 heteroatoms. The van der Waals surface area contributed by atoms with Crippen LogP contribution in [0.25, 0.3) is 11.4 Å². The van der Waals surface area contributed by atoms with Crippen LogP contribution in [0.15, 0.2) is 60.7 Å². The molecule has 1 aromatic heterocycles. The Kier molecular flexibility index (Phi) is 6.31. The standard InChI is InChI=1S/C26H30N4O/c1-4-23(21-10-6-5-7-11-21)26(31)30-15-13-29(14-16-30)24-18-20(3)27-25(28-24)22-12-8-9-19(2)17-22/h5-12,17-18,23H,4,13-16H2,1-3H3/t23-/m1/s1. The normalized spacial score (nSPS) is 15.1. The summed E-state index contributed by atoms with van der Waals surface area (Å²) in [5, 5.41) is 0. The average Bonchev–Trinajstić information content (AvgIpc) is 2.80. The number of carbonyl (C=O) groups excluding carboxylic acids is 1. The molecule has 1 aliphatic rings. The van der Waals surface area contributed by atoms with Crippen LogP contribution in [0.3, 0.4) is 0 Å². The van der Waals surface area contributed by atoms with Crippen LogP contribution in [0.2, 0.25) is 0 Å². The molecule has 1 aliphatic heterocycles. The van der Waals surface area contributed by atoms with Gasteiger partial charge in [0.1, 0.15) is 5.82 Å². The quantitative estimate of drug-likeness (QED) is 0.612. The zero-order valence-electron chi connectivity index (χ0n) is 18.6. The fraction of sp³-hybridized carbons (Fsp3) is 0.346. The Balaban J connectivity index is 1.47. The maximum atomic E-state index is 13.2. The summed E-state index contributed by atoms with van der Waals surface area (Å²) in [6.07, 6.45) is 0.814. The van der Waals surface area contributed by atoms with E-state index in [-0.39, 0.29) is 11.8 Å². The summed E-state index contributed by atoms with van der Waals surface area (Å²) in [7, 11) is 0. The van der Waals surface area contributed by atoms with Crippen molar-refractivity contribution >= 4 is 11.7 Å². The number of hydrogen-bond donors (Lipinski definition) is 0. The molecule has 31 heavy (non-hydrogen) atoms. The van der Waals surface area contributed by atoms with E-state index >= 15 is 0 Å². The van der Waals surface area contributed by atoms with Gasteiger partial charge in [-0.25, -0.2) is 9.97 Å². The highest BCUT2D eigenvalue weighted by atomic mass is 16.2. The smallest absolute Gasteiger partial charge is 0.230 e. The maximum absolute atomic E-state index is 13.2. The van der Waals surface area contributed by atoms with Crippen LogP contribution in [0.1, 0.15) is 36.1 Å². The van der Waals surface area contributed by atoms with E-state index < -0.39 is 0 Å². The zero-order chi connectivity index (χ0) is 21.8. The van der Waals surface area contributed by atoms with E-state index in [1.807, 2.05) is 42.2 Å². The Morgan fingerprint density at radius 1 is 0.935 bits per heavy atom. The molecule has 1 amide bonds. The predicted octanol–water partition coefficient (Wildman–Crippen LogP) is 4.60. The van der Waals surface area contributed by atoms with Gasteiger partial charge in [-0.2, -0.15) is 0 Å². The molecule has 5 nitrogen and oxygen atoms in total. The van der Waals surface area contributed by atoms with Gasteiger partial charge >= 0.3 is 0 Å². The van der Waals surface area contributed by atoms with Crippen LogP contribution in [0.5, 0.6) is 0 Å². The van der Waals surface area contributed by atoms with Crippen molar-refractivity contribution in [3.63, 3.8) is 0 Å².